The fraction of sp³-hybridized carbons (Fsp3) is 0.500. The van der Waals surface area contributed by atoms with E-state index in [1.165, 1.54) is 0 Å². The van der Waals surface area contributed by atoms with Crippen LogP contribution in [-0.4, -0.2) is 10.8 Å². The third-order valence-corrected chi connectivity index (χ3v) is 2.44. The molecule has 0 saturated heterocycles. The van der Waals surface area contributed by atoms with Gasteiger partial charge in [0, 0.05) is 12.8 Å². The van der Waals surface area contributed by atoms with E-state index >= 15 is 0 Å². The number of carbonyl (C=O) groups is 1. The van der Waals surface area contributed by atoms with Gasteiger partial charge < -0.3 is 4.74 Å². The van der Waals surface area contributed by atoms with Crippen molar-refractivity contribution in [2.75, 3.05) is 0 Å². The van der Waals surface area contributed by atoms with Gasteiger partial charge >= 0.3 is 5.97 Å². The highest BCUT2D eigenvalue weighted by Gasteiger charge is 2.25. The maximum Gasteiger partial charge on any atom is 0.310 e. The molecule has 78 valence electrons. The first-order chi connectivity index (χ1) is 6.44. The molecule has 1 aliphatic carbocycles. The van der Waals surface area contributed by atoms with Crippen LogP contribution in [-0.2, 0) is 9.53 Å². The molecule has 14 heavy (non-hydrogen) atoms. The summed E-state index contributed by atoms with van der Waals surface area (Å²) in [6.07, 6.45) is 4.24. The summed E-state index contributed by atoms with van der Waals surface area (Å²) in [5.41, 5.74) is 0. The van der Waals surface area contributed by atoms with Gasteiger partial charge in [-0.1, -0.05) is 24.6 Å². The maximum absolute atomic E-state index is 11.0. The van der Waals surface area contributed by atoms with Crippen LogP contribution in [0.4, 0.5) is 0 Å². The summed E-state index contributed by atoms with van der Waals surface area (Å²) in [7, 11) is 0. The van der Waals surface area contributed by atoms with Crippen LogP contribution in [0, 0.1) is 0 Å². The molecule has 0 aromatic heterocycles. The summed E-state index contributed by atoms with van der Waals surface area (Å²) in [4.78, 5) is 10.5. The molecular formula is C10H12Cl2O2. The Bertz CT molecular complexity index is 303. The second-order valence-corrected chi connectivity index (χ2v) is 4.70. The van der Waals surface area contributed by atoms with Crippen molar-refractivity contribution >= 4 is 29.2 Å². The summed E-state index contributed by atoms with van der Waals surface area (Å²) in [5.74, 6) is 0.123. The molecule has 4 heteroatoms. The van der Waals surface area contributed by atoms with E-state index in [2.05, 4.69) is 0 Å². The predicted molar refractivity (Wildman–Crippen MR) is 57.3 cm³/mol. The second kappa shape index (κ2) is 4.37. The van der Waals surface area contributed by atoms with Crippen LogP contribution in [0.5, 0.6) is 0 Å². The minimum atomic E-state index is -0.473. The number of halogens is 2. The van der Waals surface area contributed by atoms with E-state index in [0.29, 0.717) is 23.6 Å². The molecule has 0 N–H and O–H groups in total. The van der Waals surface area contributed by atoms with Gasteiger partial charge in [-0.25, -0.2) is 0 Å². The van der Waals surface area contributed by atoms with E-state index in [-0.39, 0.29) is 5.97 Å². The van der Waals surface area contributed by atoms with E-state index in [0.717, 1.165) is 0 Å². The first-order valence-corrected chi connectivity index (χ1v) is 5.17. The van der Waals surface area contributed by atoms with E-state index in [4.69, 9.17) is 27.9 Å². The zero-order valence-corrected chi connectivity index (χ0v) is 9.65. The number of ether oxygens (including phenoxy) is 1. The van der Waals surface area contributed by atoms with Crippen molar-refractivity contribution < 1.29 is 9.53 Å². The van der Waals surface area contributed by atoms with Gasteiger partial charge in [0.2, 0.25) is 0 Å². The van der Waals surface area contributed by atoms with Crippen molar-refractivity contribution in [3.8, 4) is 0 Å². The van der Waals surface area contributed by atoms with Gasteiger partial charge in [-0.2, -0.15) is 0 Å². The Morgan fingerprint density at radius 2 is 2.36 bits per heavy atom. The summed E-state index contributed by atoms with van der Waals surface area (Å²) in [6.45, 7) is 3.58. The molecule has 0 aliphatic heterocycles. The first-order valence-electron chi connectivity index (χ1n) is 4.42. The third kappa shape index (κ3) is 3.03. The van der Waals surface area contributed by atoms with Crippen molar-refractivity contribution in [3.63, 3.8) is 0 Å². The summed E-state index contributed by atoms with van der Waals surface area (Å²) >= 11 is 12.0. The number of hydrogen-bond acceptors (Lipinski definition) is 2. The summed E-state index contributed by atoms with van der Waals surface area (Å²) in [5, 5.41) is 0.492. The number of carbonyl (C=O) groups excluding carboxylic acids is 1. The van der Waals surface area contributed by atoms with E-state index in [1.807, 2.05) is 6.92 Å². The highest BCUT2D eigenvalue weighted by Crippen LogP contribution is 2.34. The van der Waals surface area contributed by atoms with Gasteiger partial charge in [0.15, 0.2) is 0 Å². The van der Waals surface area contributed by atoms with Gasteiger partial charge in [-0.3, -0.25) is 4.79 Å². The van der Waals surface area contributed by atoms with Crippen LogP contribution in [0.2, 0.25) is 0 Å². The van der Waals surface area contributed by atoms with Gasteiger partial charge in [0.05, 0.1) is 9.91 Å². The molecule has 0 radical (unpaired) electrons. The van der Waals surface area contributed by atoms with Crippen molar-refractivity contribution in [1.29, 1.82) is 0 Å². The van der Waals surface area contributed by atoms with Crippen molar-refractivity contribution in [3.05, 3.63) is 22.9 Å². The molecule has 1 rings (SSSR count). The molecule has 1 aliphatic rings. The Morgan fingerprint density at radius 3 is 2.86 bits per heavy atom. The molecule has 0 aromatic rings. The minimum absolute atomic E-state index is 0.291. The molecule has 0 saturated carbocycles. The Balaban J connectivity index is 2.73. The van der Waals surface area contributed by atoms with Crippen LogP contribution in [0.15, 0.2) is 22.9 Å². The predicted octanol–water partition coefficient (Wildman–Crippen LogP) is 3.35. The monoisotopic (exact) mass is 234 g/mol. The molecule has 0 bridgehead atoms. The standard InChI is InChI=1S/C10H12Cl2O2/c1-3-9(13)14-8-4-5-10(2,12)6-7(8)11/h4-5H,3,6H2,1-2H3. The van der Waals surface area contributed by atoms with E-state index in [1.54, 1.807) is 19.1 Å². The van der Waals surface area contributed by atoms with E-state index < -0.39 is 4.87 Å². The van der Waals surface area contributed by atoms with Gasteiger partial charge in [0.1, 0.15) is 5.76 Å². The van der Waals surface area contributed by atoms with Crippen LogP contribution >= 0.6 is 23.2 Å². The average molecular weight is 235 g/mol. The molecular weight excluding hydrogens is 223 g/mol. The maximum atomic E-state index is 11.0. The average Bonchev–Trinajstić information content (AvgIpc) is 2.09. The highest BCUT2D eigenvalue weighted by atomic mass is 35.5. The smallest absolute Gasteiger partial charge is 0.310 e. The van der Waals surface area contributed by atoms with Gasteiger partial charge in [-0.15, -0.1) is 11.6 Å². The first kappa shape index (κ1) is 11.6. The molecule has 0 aromatic carbocycles. The number of allylic oxidation sites excluding steroid dienone is 3. The number of hydrogen-bond donors (Lipinski definition) is 0. The fourth-order valence-corrected chi connectivity index (χ4v) is 1.72. The third-order valence-electron chi connectivity index (χ3n) is 1.86. The summed E-state index contributed by atoms with van der Waals surface area (Å²) in [6, 6.07) is 0. The molecule has 0 fully saturated rings. The van der Waals surface area contributed by atoms with Crippen LogP contribution in [0.1, 0.15) is 26.7 Å². The van der Waals surface area contributed by atoms with Crippen LogP contribution in [0.25, 0.3) is 0 Å². The molecule has 1 unspecified atom stereocenters. The van der Waals surface area contributed by atoms with Gasteiger partial charge in [0.25, 0.3) is 0 Å². The largest absolute Gasteiger partial charge is 0.425 e. The zero-order chi connectivity index (χ0) is 10.8. The Morgan fingerprint density at radius 1 is 1.71 bits per heavy atom. The minimum Gasteiger partial charge on any atom is -0.425 e. The SMILES string of the molecule is CCC(=O)OC1=C(Cl)CC(C)(Cl)C=C1. The number of esters is 1. The molecule has 2 nitrogen and oxygen atoms in total. The molecule has 0 amide bonds. The topological polar surface area (TPSA) is 26.3 Å². The van der Waals surface area contributed by atoms with Gasteiger partial charge in [-0.05, 0) is 13.0 Å². The lowest BCUT2D eigenvalue weighted by Gasteiger charge is -2.22. The Labute approximate surface area is 93.5 Å². The number of alkyl halides is 1. The Kier molecular flexibility index (Phi) is 3.62. The highest BCUT2D eigenvalue weighted by molar-refractivity contribution is 6.32. The van der Waals surface area contributed by atoms with Crippen LogP contribution in [0.3, 0.4) is 0 Å². The fourth-order valence-electron chi connectivity index (χ4n) is 1.07. The van der Waals surface area contributed by atoms with Crippen molar-refractivity contribution in [1.82, 2.24) is 0 Å². The zero-order valence-electron chi connectivity index (χ0n) is 8.14. The molecule has 1 atom stereocenters. The van der Waals surface area contributed by atoms with Crippen molar-refractivity contribution in [2.24, 2.45) is 0 Å². The Hall–Kier alpha value is -0.470. The number of rotatable bonds is 2. The quantitative estimate of drug-likeness (QED) is 0.542. The summed E-state index contributed by atoms with van der Waals surface area (Å²) < 4.78 is 5.01. The lowest BCUT2D eigenvalue weighted by atomic mass is 10.0. The lowest BCUT2D eigenvalue weighted by molar-refractivity contribution is -0.138. The van der Waals surface area contributed by atoms with Crippen LogP contribution < -0.4 is 0 Å². The molecule has 0 spiro atoms. The van der Waals surface area contributed by atoms with E-state index in [9.17, 15) is 4.79 Å². The van der Waals surface area contributed by atoms with Crippen molar-refractivity contribution in [2.45, 2.75) is 31.6 Å². The lowest BCUT2D eigenvalue weighted by Crippen LogP contribution is -2.17. The molecule has 0 heterocycles. The second-order valence-electron chi connectivity index (χ2n) is 3.38. The normalized spacial score (nSPS) is 26.6.